The number of anilines is 1. The number of amides is 1. The molecule has 2 aromatic heterocycles. The van der Waals surface area contributed by atoms with Gasteiger partial charge in [0, 0.05) is 30.1 Å². The maximum Gasteiger partial charge on any atom is 0.341 e. The Balaban J connectivity index is 1.82. The van der Waals surface area contributed by atoms with Gasteiger partial charge in [-0.1, -0.05) is 38.1 Å². The molecule has 1 aromatic carbocycles. The van der Waals surface area contributed by atoms with Crippen LogP contribution in [0.25, 0.3) is 11.1 Å². The van der Waals surface area contributed by atoms with Crippen molar-refractivity contribution in [2.45, 2.75) is 39.7 Å². The van der Waals surface area contributed by atoms with Crippen LogP contribution >= 0.6 is 11.3 Å². The molecule has 3 aromatic rings. The molecule has 0 spiro atoms. The van der Waals surface area contributed by atoms with Gasteiger partial charge in [-0.15, -0.1) is 11.3 Å². The number of nitrogens with zero attached hydrogens (tertiary/aromatic N) is 1. The minimum absolute atomic E-state index is 0.175. The van der Waals surface area contributed by atoms with Gasteiger partial charge in [-0.25, -0.2) is 4.79 Å². The van der Waals surface area contributed by atoms with Crippen molar-refractivity contribution in [1.82, 2.24) is 4.57 Å². The number of aryl methyl sites for hydroxylation is 1. The van der Waals surface area contributed by atoms with Crippen LogP contribution < -0.4 is 5.32 Å². The predicted molar refractivity (Wildman–Crippen MR) is 123 cm³/mol. The van der Waals surface area contributed by atoms with Crippen LogP contribution in [0.2, 0.25) is 0 Å². The summed E-state index contributed by atoms with van der Waals surface area (Å²) in [4.78, 5) is 36.3. The summed E-state index contributed by atoms with van der Waals surface area (Å²) in [5.74, 6) is -0.286. The van der Waals surface area contributed by atoms with Crippen molar-refractivity contribution in [3.8, 4) is 11.1 Å². The molecule has 7 heteroatoms. The zero-order chi connectivity index (χ0) is 22.4. The van der Waals surface area contributed by atoms with Crippen molar-refractivity contribution in [2.24, 2.45) is 0 Å². The largest absolute Gasteiger partial charge is 0.462 e. The molecule has 1 amide bonds. The maximum absolute atomic E-state index is 12.7. The third kappa shape index (κ3) is 5.30. The van der Waals surface area contributed by atoms with Crippen molar-refractivity contribution in [2.75, 3.05) is 11.9 Å². The molecule has 0 unspecified atom stereocenters. The number of carbonyl (C=O) groups excluding carboxylic acids is 3. The fourth-order valence-electron chi connectivity index (χ4n) is 3.26. The van der Waals surface area contributed by atoms with E-state index in [4.69, 9.17) is 4.74 Å². The van der Waals surface area contributed by atoms with Crippen LogP contribution in [0.1, 0.15) is 59.5 Å². The summed E-state index contributed by atoms with van der Waals surface area (Å²) in [6.07, 6.45) is 2.69. The van der Waals surface area contributed by atoms with Crippen LogP contribution in [-0.4, -0.2) is 29.3 Å². The van der Waals surface area contributed by atoms with E-state index in [1.165, 1.54) is 16.9 Å². The molecule has 0 aliphatic carbocycles. The lowest BCUT2D eigenvalue weighted by Crippen LogP contribution is -2.16. The van der Waals surface area contributed by atoms with Gasteiger partial charge in [-0.2, -0.15) is 0 Å². The average Bonchev–Trinajstić information content (AvgIpc) is 3.39. The number of aromatic nitrogens is 1. The number of rotatable bonds is 9. The van der Waals surface area contributed by atoms with Crippen LogP contribution in [-0.2, 0) is 16.1 Å². The fourth-order valence-corrected chi connectivity index (χ4v) is 4.24. The Kier molecular flexibility index (Phi) is 7.41. The third-order valence-electron chi connectivity index (χ3n) is 4.98. The lowest BCUT2D eigenvalue weighted by molar-refractivity contribution is -0.116. The van der Waals surface area contributed by atoms with Crippen molar-refractivity contribution in [1.29, 1.82) is 0 Å². The van der Waals surface area contributed by atoms with E-state index in [2.05, 4.69) is 19.2 Å². The molecule has 0 radical (unpaired) electrons. The Morgan fingerprint density at radius 3 is 2.58 bits per heavy atom. The molecule has 0 bridgehead atoms. The molecule has 31 heavy (non-hydrogen) atoms. The van der Waals surface area contributed by atoms with E-state index >= 15 is 0 Å². The zero-order valence-corrected chi connectivity index (χ0v) is 18.7. The Bertz CT molecular complexity index is 1060. The highest BCUT2D eigenvalue weighted by atomic mass is 32.1. The summed E-state index contributed by atoms with van der Waals surface area (Å²) in [5, 5.41) is 5.18. The van der Waals surface area contributed by atoms with Gasteiger partial charge in [0.15, 0.2) is 6.29 Å². The normalized spacial score (nSPS) is 10.8. The van der Waals surface area contributed by atoms with Gasteiger partial charge in [-0.05, 0) is 36.1 Å². The average molecular weight is 439 g/mol. The second kappa shape index (κ2) is 10.2. The number of esters is 1. The van der Waals surface area contributed by atoms with Crippen LogP contribution in [0, 0.1) is 0 Å². The minimum Gasteiger partial charge on any atom is -0.462 e. The molecule has 3 rings (SSSR count). The second-order valence-electron chi connectivity index (χ2n) is 7.39. The van der Waals surface area contributed by atoms with Crippen LogP contribution in [0.15, 0.2) is 48.0 Å². The van der Waals surface area contributed by atoms with Gasteiger partial charge in [0.2, 0.25) is 5.91 Å². The topological polar surface area (TPSA) is 77.4 Å². The van der Waals surface area contributed by atoms with Gasteiger partial charge >= 0.3 is 5.97 Å². The quantitative estimate of drug-likeness (QED) is 0.360. The molecule has 1 N–H and O–H groups in total. The number of hydrogen-bond acceptors (Lipinski definition) is 5. The van der Waals surface area contributed by atoms with E-state index in [-0.39, 0.29) is 18.9 Å². The summed E-state index contributed by atoms with van der Waals surface area (Å²) >= 11 is 1.30. The highest BCUT2D eigenvalue weighted by Crippen LogP contribution is 2.36. The zero-order valence-electron chi connectivity index (χ0n) is 17.9. The first kappa shape index (κ1) is 22.5. The van der Waals surface area contributed by atoms with Gasteiger partial charge < -0.3 is 14.6 Å². The van der Waals surface area contributed by atoms with E-state index in [0.717, 1.165) is 17.4 Å². The molecular formula is C24H26N2O4S. The molecule has 162 valence electrons. The SMILES string of the molecule is CCOC(=O)c1c(-c2ccc(C(C)C)cc2)csc1NC(=O)CCn1cccc1C=O. The van der Waals surface area contributed by atoms with E-state index in [0.29, 0.717) is 28.7 Å². The summed E-state index contributed by atoms with van der Waals surface area (Å²) < 4.78 is 6.97. The van der Waals surface area contributed by atoms with E-state index < -0.39 is 5.97 Å². The summed E-state index contributed by atoms with van der Waals surface area (Å²) in [6.45, 7) is 6.62. The van der Waals surface area contributed by atoms with Gasteiger partial charge in [0.25, 0.3) is 0 Å². The van der Waals surface area contributed by atoms with Crippen molar-refractivity contribution in [3.63, 3.8) is 0 Å². The number of aldehydes is 1. The monoisotopic (exact) mass is 438 g/mol. The first-order chi connectivity index (χ1) is 14.9. The molecule has 2 heterocycles. The molecule has 6 nitrogen and oxygen atoms in total. The summed E-state index contributed by atoms with van der Waals surface area (Å²) in [5.41, 5.74) is 3.73. The third-order valence-corrected chi connectivity index (χ3v) is 5.87. The number of nitrogens with one attached hydrogen (secondary N) is 1. The van der Waals surface area contributed by atoms with Crippen molar-refractivity contribution < 1.29 is 19.1 Å². The van der Waals surface area contributed by atoms with Crippen LogP contribution in [0.4, 0.5) is 5.00 Å². The standard InChI is InChI=1S/C24H26N2O4S/c1-4-30-24(29)22-20(18-9-7-17(8-10-18)16(2)3)15-31-23(22)25-21(28)11-13-26-12-5-6-19(26)14-27/h5-10,12,14-16H,4,11,13H2,1-3H3,(H,25,28). The molecule has 0 aliphatic rings. The first-order valence-electron chi connectivity index (χ1n) is 10.2. The summed E-state index contributed by atoms with van der Waals surface area (Å²) in [7, 11) is 0. The Morgan fingerprint density at radius 1 is 1.19 bits per heavy atom. The number of hydrogen-bond donors (Lipinski definition) is 1. The smallest absolute Gasteiger partial charge is 0.341 e. The minimum atomic E-state index is -0.462. The molecule has 0 saturated heterocycles. The molecule has 0 saturated carbocycles. The van der Waals surface area contributed by atoms with Crippen molar-refractivity contribution in [3.05, 3.63) is 64.8 Å². The van der Waals surface area contributed by atoms with E-state index in [1.807, 2.05) is 29.6 Å². The Labute approximate surface area is 185 Å². The molecule has 0 fully saturated rings. The van der Waals surface area contributed by atoms with E-state index in [9.17, 15) is 14.4 Å². The molecular weight excluding hydrogens is 412 g/mol. The van der Waals surface area contributed by atoms with Gasteiger partial charge in [0.05, 0.1) is 12.3 Å². The Morgan fingerprint density at radius 2 is 1.94 bits per heavy atom. The highest BCUT2D eigenvalue weighted by molar-refractivity contribution is 7.15. The van der Waals surface area contributed by atoms with Crippen molar-refractivity contribution >= 4 is 34.5 Å². The van der Waals surface area contributed by atoms with E-state index in [1.54, 1.807) is 29.8 Å². The molecule has 0 aliphatic heterocycles. The van der Waals surface area contributed by atoms with Gasteiger partial charge in [0.1, 0.15) is 10.6 Å². The number of ether oxygens (including phenoxy) is 1. The lowest BCUT2D eigenvalue weighted by atomic mass is 9.98. The van der Waals surface area contributed by atoms with Crippen LogP contribution in [0.3, 0.4) is 0 Å². The predicted octanol–water partition coefficient (Wildman–Crippen LogP) is 5.36. The number of carbonyl (C=O) groups is 3. The summed E-state index contributed by atoms with van der Waals surface area (Å²) in [6, 6.07) is 11.5. The number of benzene rings is 1. The Hall–Kier alpha value is -3.19. The number of thiophene rings is 1. The van der Waals surface area contributed by atoms with Crippen LogP contribution in [0.5, 0.6) is 0 Å². The molecule has 0 atom stereocenters. The highest BCUT2D eigenvalue weighted by Gasteiger charge is 2.23. The lowest BCUT2D eigenvalue weighted by Gasteiger charge is -2.10. The maximum atomic E-state index is 12.7. The van der Waals surface area contributed by atoms with Gasteiger partial charge in [-0.3, -0.25) is 9.59 Å². The second-order valence-corrected chi connectivity index (χ2v) is 8.27. The first-order valence-corrected chi connectivity index (χ1v) is 11.1. The fraction of sp³-hybridized carbons (Fsp3) is 0.292.